The van der Waals surface area contributed by atoms with Crippen molar-refractivity contribution in [1.29, 1.82) is 0 Å². The highest BCUT2D eigenvalue weighted by atomic mass is 32.2. The number of hydrogen-bond acceptors (Lipinski definition) is 4. The van der Waals surface area contributed by atoms with E-state index in [4.69, 9.17) is 0 Å². The first-order valence-electron chi connectivity index (χ1n) is 5.32. The Morgan fingerprint density at radius 1 is 1.47 bits per heavy atom. The third-order valence-electron chi connectivity index (χ3n) is 2.21. The Balaban J connectivity index is 2.24. The van der Waals surface area contributed by atoms with E-state index in [1.54, 1.807) is 6.07 Å². The molecule has 0 unspecified atom stereocenters. The van der Waals surface area contributed by atoms with Crippen molar-refractivity contribution in [1.82, 2.24) is 20.5 Å². The molecule has 1 heterocycles. The van der Waals surface area contributed by atoms with Crippen molar-refractivity contribution < 1.29 is 4.39 Å². The van der Waals surface area contributed by atoms with Crippen LogP contribution < -0.4 is 5.32 Å². The second kappa shape index (κ2) is 5.79. The van der Waals surface area contributed by atoms with Gasteiger partial charge in [-0.05, 0) is 29.9 Å². The van der Waals surface area contributed by atoms with Gasteiger partial charge in [-0.3, -0.25) is 5.10 Å². The summed E-state index contributed by atoms with van der Waals surface area (Å²) in [4.78, 5) is 4.57. The van der Waals surface area contributed by atoms with E-state index in [1.807, 2.05) is 13.0 Å². The van der Waals surface area contributed by atoms with Crippen molar-refractivity contribution in [2.45, 2.75) is 23.5 Å². The molecule has 2 rings (SSSR count). The lowest BCUT2D eigenvalue weighted by Gasteiger charge is -2.08. The molecule has 2 N–H and O–H groups in total. The summed E-state index contributed by atoms with van der Waals surface area (Å²) in [7, 11) is 0. The molecule has 1 aromatic carbocycles. The molecule has 0 atom stereocenters. The number of nitrogens with zero attached hydrogens (tertiary/aromatic N) is 2. The predicted octanol–water partition coefficient (Wildman–Crippen LogP) is 2.20. The molecule has 0 aliphatic rings. The molecule has 90 valence electrons. The summed E-state index contributed by atoms with van der Waals surface area (Å²) >= 11 is 1.25. The molecular weight excluding hydrogens is 239 g/mol. The number of rotatable bonds is 5. The number of hydrogen-bond donors (Lipinski definition) is 2. The summed E-state index contributed by atoms with van der Waals surface area (Å²) in [5, 5.41) is 10.2. The van der Waals surface area contributed by atoms with Crippen LogP contribution in [0, 0.1) is 5.82 Å². The standard InChI is InChI=1S/C11H13FN4S/c1-2-13-6-8-4-3-5-9(12)10(8)17-11-14-7-15-16-11/h3-5,7,13H,2,6H2,1H3,(H,14,15,16). The van der Waals surface area contributed by atoms with Gasteiger partial charge in [0.2, 0.25) is 0 Å². The number of halogens is 1. The predicted molar refractivity (Wildman–Crippen MR) is 64.3 cm³/mol. The fourth-order valence-corrected chi connectivity index (χ4v) is 2.24. The molecule has 4 nitrogen and oxygen atoms in total. The fraction of sp³-hybridized carbons (Fsp3) is 0.273. The number of H-pyrrole nitrogens is 1. The number of aromatic nitrogens is 3. The molecule has 0 spiro atoms. The SMILES string of the molecule is CCNCc1cccc(F)c1Sc1ncn[nH]1. The van der Waals surface area contributed by atoms with Crippen LogP contribution >= 0.6 is 11.8 Å². The highest BCUT2D eigenvalue weighted by Crippen LogP contribution is 2.30. The van der Waals surface area contributed by atoms with E-state index >= 15 is 0 Å². The summed E-state index contributed by atoms with van der Waals surface area (Å²) in [6.07, 6.45) is 1.41. The van der Waals surface area contributed by atoms with Crippen molar-refractivity contribution in [3.8, 4) is 0 Å². The zero-order chi connectivity index (χ0) is 12.1. The first-order valence-corrected chi connectivity index (χ1v) is 6.14. The summed E-state index contributed by atoms with van der Waals surface area (Å²) in [5.74, 6) is -0.234. The number of aromatic amines is 1. The molecule has 0 aliphatic carbocycles. The quantitative estimate of drug-likeness (QED) is 0.856. The molecule has 0 bridgehead atoms. The van der Waals surface area contributed by atoms with Crippen LogP contribution in [-0.2, 0) is 6.54 Å². The minimum absolute atomic E-state index is 0.234. The van der Waals surface area contributed by atoms with Crippen LogP contribution in [0.5, 0.6) is 0 Å². The van der Waals surface area contributed by atoms with Gasteiger partial charge in [-0.1, -0.05) is 19.1 Å². The molecule has 1 aromatic heterocycles. The fourth-order valence-electron chi connectivity index (χ4n) is 1.41. The zero-order valence-electron chi connectivity index (χ0n) is 9.40. The summed E-state index contributed by atoms with van der Waals surface area (Å²) in [5.41, 5.74) is 0.924. The molecule has 0 saturated carbocycles. The average molecular weight is 252 g/mol. The zero-order valence-corrected chi connectivity index (χ0v) is 10.2. The van der Waals surface area contributed by atoms with Gasteiger partial charge < -0.3 is 5.32 Å². The van der Waals surface area contributed by atoms with E-state index in [1.165, 1.54) is 24.2 Å². The maximum atomic E-state index is 13.8. The van der Waals surface area contributed by atoms with E-state index < -0.39 is 0 Å². The van der Waals surface area contributed by atoms with Gasteiger partial charge in [0.1, 0.15) is 12.1 Å². The van der Waals surface area contributed by atoms with Gasteiger partial charge in [-0.25, -0.2) is 9.37 Å². The highest BCUT2D eigenvalue weighted by molar-refractivity contribution is 7.99. The Kier molecular flexibility index (Phi) is 4.11. The monoisotopic (exact) mass is 252 g/mol. The van der Waals surface area contributed by atoms with Crippen LogP contribution in [0.1, 0.15) is 12.5 Å². The number of benzene rings is 1. The van der Waals surface area contributed by atoms with Crippen molar-refractivity contribution >= 4 is 11.8 Å². The van der Waals surface area contributed by atoms with Crippen molar-refractivity contribution in [3.63, 3.8) is 0 Å². The highest BCUT2D eigenvalue weighted by Gasteiger charge is 2.11. The molecule has 2 aromatic rings. The Labute approximate surface area is 103 Å². The average Bonchev–Trinajstić information content (AvgIpc) is 2.83. The first kappa shape index (κ1) is 12.1. The third kappa shape index (κ3) is 3.04. The second-order valence-corrected chi connectivity index (χ2v) is 4.40. The van der Waals surface area contributed by atoms with Gasteiger partial charge >= 0.3 is 0 Å². The maximum absolute atomic E-state index is 13.8. The minimum atomic E-state index is -0.234. The van der Waals surface area contributed by atoms with Crippen LogP contribution in [0.25, 0.3) is 0 Å². The summed E-state index contributed by atoms with van der Waals surface area (Å²) in [6.45, 7) is 3.51. The molecule has 6 heteroatoms. The summed E-state index contributed by atoms with van der Waals surface area (Å²) < 4.78 is 13.8. The molecule has 0 amide bonds. The molecule has 0 radical (unpaired) electrons. The van der Waals surface area contributed by atoms with E-state index in [0.29, 0.717) is 16.6 Å². The van der Waals surface area contributed by atoms with Crippen LogP contribution in [0.3, 0.4) is 0 Å². The van der Waals surface area contributed by atoms with E-state index in [0.717, 1.165) is 12.1 Å². The smallest absolute Gasteiger partial charge is 0.188 e. The van der Waals surface area contributed by atoms with Crippen LogP contribution in [0.4, 0.5) is 4.39 Å². The largest absolute Gasteiger partial charge is 0.313 e. The summed E-state index contributed by atoms with van der Waals surface area (Å²) in [6, 6.07) is 5.07. The van der Waals surface area contributed by atoms with Crippen molar-refractivity contribution in [2.24, 2.45) is 0 Å². The first-order chi connectivity index (χ1) is 8.31. The topological polar surface area (TPSA) is 53.6 Å². The van der Waals surface area contributed by atoms with Gasteiger partial charge in [0.05, 0.1) is 4.90 Å². The van der Waals surface area contributed by atoms with E-state index in [9.17, 15) is 4.39 Å². The third-order valence-corrected chi connectivity index (χ3v) is 3.26. The van der Waals surface area contributed by atoms with Crippen LogP contribution in [-0.4, -0.2) is 21.7 Å². The second-order valence-electron chi connectivity index (χ2n) is 3.40. The molecule has 0 saturated heterocycles. The van der Waals surface area contributed by atoms with Gasteiger partial charge in [0, 0.05) is 6.54 Å². The van der Waals surface area contributed by atoms with E-state index in [-0.39, 0.29) is 5.82 Å². The van der Waals surface area contributed by atoms with Crippen molar-refractivity contribution in [3.05, 3.63) is 35.9 Å². The van der Waals surface area contributed by atoms with Gasteiger partial charge in [-0.2, -0.15) is 5.10 Å². The van der Waals surface area contributed by atoms with Crippen LogP contribution in [0.15, 0.2) is 34.6 Å². The number of nitrogens with one attached hydrogen (secondary N) is 2. The molecule has 17 heavy (non-hydrogen) atoms. The lowest BCUT2D eigenvalue weighted by atomic mass is 10.2. The van der Waals surface area contributed by atoms with Gasteiger partial charge in [0.15, 0.2) is 5.16 Å². The molecular formula is C11H13FN4S. The minimum Gasteiger partial charge on any atom is -0.313 e. The Morgan fingerprint density at radius 2 is 2.35 bits per heavy atom. The molecule has 0 fully saturated rings. The van der Waals surface area contributed by atoms with E-state index in [2.05, 4.69) is 20.5 Å². The Morgan fingerprint density at radius 3 is 3.06 bits per heavy atom. The maximum Gasteiger partial charge on any atom is 0.188 e. The normalized spacial score (nSPS) is 10.7. The lowest BCUT2D eigenvalue weighted by molar-refractivity contribution is 0.591. The Hall–Kier alpha value is -1.40. The Bertz CT molecular complexity index is 472. The van der Waals surface area contributed by atoms with Crippen LogP contribution in [0.2, 0.25) is 0 Å². The van der Waals surface area contributed by atoms with Gasteiger partial charge in [0.25, 0.3) is 0 Å². The molecule has 0 aliphatic heterocycles. The lowest BCUT2D eigenvalue weighted by Crippen LogP contribution is -2.12. The van der Waals surface area contributed by atoms with Crippen molar-refractivity contribution in [2.75, 3.05) is 6.54 Å². The van der Waals surface area contributed by atoms with Gasteiger partial charge in [-0.15, -0.1) is 0 Å².